The van der Waals surface area contributed by atoms with Gasteiger partial charge in [0.1, 0.15) is 0 Å². The summed E-state index contributed by atoms with van der Waals surface area (Å²) in [6.45, 7) is 0. The molecule has 0 saturated carbocycles. The van der Waals surface area contributed by atoms with E-state index in [9.17, 15) is 19.2 Å². The molecule has 4 N–H and O–H groups in total. The van der Waals surface area contributed by atoms with Crippen molar-refractivity contribution in [2.45, 2.75) is 0 Å². The van der Waals surface area contributed by atoms with Crippen molar-refractivity contribution in [1.29, 1.82) is 0 Å². The highest BCUT2D eigenvalue weighted by molar-refractivity contribution is 6.42. The van der Waals surface area contributed by atoms with Crippen LogP contribution in [0, 0.1) is 0 Å². The number of hydrogen-bond acceptors (Lipinski definition) is 5. The monoisotopic (exact) mass is 483 g/mol. The van der Waals surface area contributed by atoms with E-state index in [0.29, 0.717) is 21.2 Å². The van der Waals surface area contributed by atoms with Crippen molar-refractivity contribution in [1.82, 2.24) is 4.98 Å². The lowest BCUT2D eigenvalue weighted by molar-refractivity contribution is -0.112. The Labute approximate surface area is 197 Å². The van der Waals surface area contributed by atoms with Gasteiger partial charge >= 0.3 is 5.97 Å². The summed E-state index contributed by atoms with van der Waals surface area (Å²) in [5.74, 6) is -2.69. The van der Waals surface area contributed by atoms with Crippen molar-refractivity contribution in [3.8, 4) is 0 Å². The van der Waals surface area contributed by atoms with Crippen LogP contribution in [0.25, 0.3) is 6.08 Å². The number of Topliss-reactive ketones (excluding diaryl/α,β-unsaturated/α-hetero) is 1. The Morgan fingerprint density at radius 1 is 0.939 bits per heavy atom. The van der Waals surface area contributed by atoms with Crippen molar-refractivity contribution < 1.29 is 24.3 Å². The zero-order valence-corrected chi connectivity index (χ0v) is 18.2. The van der Waals surface area contributed by atoms with Crippen LogP contribution in [0.15, 0.2) is 66.5 Å². The molecule has 4 rings (SSSR count). The Morgan fingerprint density at radius 2 is 1.64 bits per heavy atom. The smallest absolute Gasteiger partial charge is 0.335 e. The first kappa shape index (κ1) is 23.6. The molecule has 1 aromatic heterocycles. The van der Waals surface area contributed by atoms with Crippen molar-refractivity contribution >= 4 is 58.5 Å². The molecule has 1 aliphatic heterocycles. The molecule has 2 heterocycles. The molecule has 2 aromatic carbocycles. The molecular formula is C23H15Cl2N3O5. The fourth-order valence-corrected chi connectivity index (χ4v) is 3.13. The molecule has 0 unspecified atom stereocenters. The predicted octanol–water partition coefficient (Wildman–Crippen LogP) is 4.09. The minimum atomic E-state index is -1.16. The van der Waals surface area contributed by atoms with Crippen LogP contribution in [-0.2, 0) is 4.79 Å². The second kappa shape index (κ2) is 10.1. The first-order chi connectivity index (χ1) is 15.7. The Kier molecular flexibility index (Phi) is 7.22. The number of amides is 2. The first-order valence-electron chi connectivity index (χ1n) is 9.27. The van der Waals surface area contributed by atoms with Crippen molar-refractivity contribution in [2.24, 2.45) is 5.73 Å². The minimum absolute atomic E-state index is 0.0351. The van der Waals surface area contributed by atoms with Gasteiger partial charge < -0.3 is 16.2 Å². The zero-order chi connectivity index (χ0) is 24.1. The lowest BCUT2D eigenvalue weighted by Crippen LogP contribution is -2.27. The van der Waals surface area contributed by atoms with Crippen LogP contribution < -0.4 is 11.1 Å². The molecule has 166 valence electrons. The summed E-state index contributed by atoms with van der Waals surface area (Å²) in [4.78, 5) is 49.9. The van der Waals surface area contributed by atoms with E-state index in [-0.39, 0.29) is 22.4 Å². The van der Waals surface area contributed by atoms with Crippen LogP contribution >= 0.6 is 23.2 Å². The van der Waals surface area contributed by atoms with Crippen molar-refractivity contribution in [2.75, 3.05) is 5.32 Å². The van der Waals surface area contributed by atoms with Gasteiger partial charge in [0.05, 0.1) is 26.9 Å². The van der Waals surface area contributed by atoms with Gasteiger partial charge in [-0.25, -0.2) is 4.79 Å². The second-order valence-corrected chi connectivity index (χ2v) is 7.49. The Balaban J connectivity index is 0.000000286. The number of carboxylic acids is 1. The number of carbonyl (C=O) groups excluding carboxylic acids is 3. The predicted molar refractivity (Wildman–Crippen MR) is 124 cm³/mol. The van der Waals surface area contributed by atoms with E-state index >= 15 is 0 Å². The molecule has 0 saturated heterocycles. The van der Waals surface area contributed by atoms with Gasteiger partial charge in [0.2, 0.25) is 11.7 Å². The SMILES string of the molecule is NC(=O)c1ccncc1.O=C1Nc2ccc(C(=O)O)cc2C(=O)/C1=C/c1ccc(Cl)c(Cl)c1. The van der Waals surface area contributed by atoms with E-state index in [2.05, 4.69) is 10.3 Å². The summed E-state index contributed by atoms with van der Waals surface area (Å²) >= 11 is 11.8. The summed E-state index contributed by atoms with van der Waals surface area (Å²) in [5.41, 5.74) is 6.23. The maximum atomic E-state index is 12.6. The molecule has 0 aliphatic carbocycles. The average Bonchev–Trinajstić information content (AvgIpc) is 2.79. The number of aromatic carboxylic acids is 1. The van der Waals surface area contributed by atoms with Gasteiger partial charge in [0.25, 0.3) is 5.91 Å². The molecule has 0 spiro atoms. The van der Waals surface area contributed by atoms with Gasteiger partial charge in [-0.1, -0.05) is 29.3 Å². The number of nitrogens with two attached hydrogens (primary N) is 1. The third kappa shape index (κ3) is 5.62. The third-order valence-corrected chi connectivity index (χ3v) is 5.21. The molecule has 0 atom stereocenters. The number of primary amides is 1. The third-order valence-electron chi connectivity index (χ3n) is 4.47. The number of nitrogens with one attached hydrogen (secondary N) is 1. The molecule has 33 heavy (non-hydrogen) atoms. The molecule has 2 amide bonds. The van der Waals surface area contributed by atoms with Gasteiger partial charge in [-0.05, 0) is 54.1 Å². The number of pyridine rings is 1. The summed E-state index contributed by atoms with van der Waals surface area (Å²) < 4.78 is 0. The van der Waals surface area contributed by atoms with E-state index in [1.807, 2.05) is 0 Å². The first-order valence-corrected chi connectivity index (χ1v) is 10.0. The second-order valence-electron chi connectivity index (χ2n) is 6.68. The van der Waals surface area contributed by atoms with Crippen LogP contribution in [0.3, 0.4) is 0 Å². The largest absolute Gasteiger partial charge is 0.478 e. The van der Waals surface area contributed by atoms with Crippen LogP contribution in [0.1, 0.15) is 36.6 Å². The topological polar surface area (TPSA) is 139 Å². The normalized spacial score (nSPS) is 13.5. The average molecular weight is 484 g/mol. The van der Waals surface area contributed by atoms with E-state index < -0.39 is 23.6 Å². The Bertz CT molecular complexity index is 1310. The molecule has 8 nitrogen and oxygen atoms in total. The lowest BCUT2D eigenvalue weighted by Gasteiger charge is -2.18. The van der Waals surface area contributed by atoms with Gasteiger partial charge in [-0.2, -0.15) is 0 Å². The standard InChI is InChI=1S/C17H9Cl2NO4.C6H6N2O/c18-12-3-1-8(6-13(12)19)5-11-15(21)10-7-9(17(23)24)2-4-14(10)20-16(11)22;7-6(9)5-1-3-8-4-2-5/h1-7H,(H,20,22)(H,23,24);1-4H,(H2,7,9)/b11-5-;. The number of fused-ring (bicyclic) bond motifs is 1. The zero-order valence-electron chi connectivity index (χ0n) is 16.7. The highest BCUT2D eigenvalue weighted by atomic mass is 35.5. The van der Waals surface area contributed by atoms with Gasteiger partial charge in [-0.3, -0.25) is 19.4 Å². The number of carbonyl (C=O) groups is 4. The van der Waals surface area contributed by atoms with Gasteiger partial charge in [0, 0.05) is 23.5 Å². The number of carboxylic acid groups (broad SMARTS) is 1. The summed E-state index contributed by atoms with van der Waals surface area (Å²) in [6, 6.07) is 11.8. The minimum Gasteiger partial charge on any atom is -0.478 e. The summed E-state index contributed by atoms with van der Waals surface area (Å²) in [7, 11) is 0. The van der Waals surface area contributed by atoms with Crippen LogP contribution in [0.2, 0.25) is 10.0 Å². The Hall–Kier alpha value is -4.01. The summed E-state index contributed by atoms with van der Waals surface area (Å²) in [6.07, 6.45) is 4.44. The van der Waals surface area contributed by atoms with Crippen molar-refractivity contribution in [3.63, 3.8) is 0 Å². The summed E-state index contributed by atoms with van der Waals surface area (Å²) in [5, 5.41) is 12.3. The number of halogens is 2. The number of nitrogens with zero attached hydrogens (tertiary/aromatic N) is 1. The number of rotatable bonds is 3. The molecular weight excluding hydrogens is 469 g/mol. The van der Waals surface area contributed by atoms with E-state index in [4.69, 9.17) is 34.0 Å². The van der Waals surface area contributed by atoms with Gasteiger partial charge in [-0.15, -0.1) is 0 Å². The highest BCUT2D eigenvalue weighted by Crippen LogP contribution is 2.29. The molecule has 0 bridgehead atoms. The van der Waals surface area contributed by atoms with Crippen LogP contribution in [0.4, 0.5) is 5.69 Å². The fraction of sp³-hybridized carbons (Fsp3) is 0. The number of benzene rings is 2. The number of aromatic nitrogens is 1. The van der Waals surface area contributed by atoms with Crippen LogP contribution in [-0.4, -0.2) is 33.7 Å². The molecule has 10 heteroatoms. The molecule has 3 aromatic rings. The van der Waals surface area contributed by atoms with E-state index in [1.165, 1.54) is 42.7 Å². The number of anilines is 1. The van der Waals surface area contributed by atoms with E-state index in [0.717, 1.165) is 0 Å². The van der Waals surface area contributed by atoms with Gasteiger partial charge in [0.15, 0.2) is 0 Å². The lowest BCUT2D eigenvalue weighted by atomic mass is 9.94. The van der Waals surface area contributed by atoms with Crippen LogP contribution in [0.5, 0.6) is 0 Å². The molecule has 0 radical (unpaired) electrons. The molecule has 0 fully saturated rings. The quantitative estimate of drug-likeness (QED) is 0.378. The highest BCUT2D eigenvalue weighted by Gasteiger charge is 2.29. The fourth-order valence-electron chi connectivity index (χ4n) is 2.83. The Morgan fingerprint density at radius 3 is 2.21 bits per heavy atom. The van der Waals surface area contributed by atoms with Crippen molar-refractivity contribution in [3.05, 3.63) is 98.8 Å². The van der Waals surface area contributed by atoms with E-state index in [1.54, 1.807) is 24.3 Å². The maximum absolute atomic E-state index is 12.6. The number of ketones is 1. The number of hydrogen-bond donors (Lipinski definition) is 3. The molecule has 1 aliphatic rings. The maximum Gasteiger partial charge on any atom is 0.335 e.